The average molecular weight is 265 g/mol. The van der Waals surface area contributed by atoms with Crippen LogP contribution in [0.4, 0.5) is 5.82 Å². The average Bonchev–Trinajstić information content (AvgIpc) is 2.30. The van der Waals surface area contributed by atoms with Crippen LogP contribution in [0, 0.1) is 13.8 Å². The molecule has 6 nitrogen and oxygen atoms in total. The minimum absolute atomic E-state index is 0.0412. The molecule has 0 aromatic carbocycles. The smallest absolute Gasteiger partial charge is 0.239 e. The van der Waals surface area contributed by atoms with Gasteiger partial charge in [0.15, 0.2) is 5.82 Å². The third-order valence-electron chi connectivity index (χ3n) is 2.96. The molecule has 0 spiro atoms. The van der Waals surface area contributed by atoms with Gasteiger partial charge in [0, 0.05) is 25.2 Å². The number of nitrogens with one attached hydrogen (secondary N) is 1. The maximum atomic E-state index is 11.8. The van der Waals surface area contributed by atoms with Gasteiger partial charge in [-0.1, -0.05) is 0 Å². The van der Waals surface area contributed by atoms with Gasteiger partial charge < -0.3 is 16.0 Å². The van der Waals surface area contributed by atoms with E-state index in [1.807, 2.05) is 34.7 Å². The van der Waals surface area contributed by atoms with Crippen molar-refractivity contribution < 1.29 is 4.79 Å². The van der Waals surface area contributed by atoms with Crippen LogP contribution in [0.1, 0.15) is 30.7 Å². The van der Waals surface area contributed by atoms with Crippen molar-refractivity contribution in [3.05, 3.63) is 16.8 Å². The van der Waals surface area contributed by atoms with Crippen molar-refractivity contribution >= 4 is 11.7 Å². The lowest BCUT2D eigenvalue weighted by Gasteiger charge is -2.22. The Morgan fingerprint density at radius 3 is 2.53 bits per heavy atom. The van der Waals surface area contributed by atoms with E-state index in [1.54, 1.807) is 4.90 Å². The zero-order valence-corrected chi connectivity index (χ0v) is 12.3. The summed E-state index contributed by atoms with van der Waals surface area (Å²) in [5.74, 6) is 0.630. The highest BCUT2D eigenvalue weighted by molar-refractivity contribution is 5.81. The fourth-order valence-electron chi connectivity index (χ4n) is 1.85. The zero-order chi connectivity index (χ0) is 14.6. The van der Waals surface area contributed by atoms with E-state index in [2.05, 4.69) is 15.5 Å². The molecule has 1 heterocycles. The van der Waals surface area contributed by atoms with Crippen molar-refractivity contribution in [3.63, 3.8) is 0 Å². The van der Waals surface area contributed by atoms with Gasteiger partial charge in [0.25, 0.3) is 0 Å². The maximum Gasteiger partial charge on any atom is 0.239 e. The highest BCUT2D eigenvalue weighted by atomic mass is 16.2. The lowest BCUT2D eigenvalue weighted by atomic mass is 10.1. The minimum Gasteiger partial charge on any atom is -0.352 e. The molecular weight excluding hydrogens is 242 g/mol. The molecule has 6 heteroatoms. The number of carbonyl (C=O) groups is 1. The van der Waals surface area contributed by atoms with Crippen LogP contribution in [0.15, 0.2) is 0 Å². The number of hydrogen-bond donors (Lipinski definition) is 2. The fourth-order valence-corrected chi connectivity index (χ4v) is 1.85. The topological polar surface area (TPSA) is 84.1 Å². The van der Waals surface area contributed by atoms with E-state index in [9.17, 15) is 4.79 Å². The van der Waals surface area contributed by atoms with Gasteiger partial charge >= 0.3 is 0 Å². The second-order valence-corrected chi connectivity index (χ2v) is 4.99. The van der Waals surface area contributed by atoms with Gasteiger partial charge in [-0.3, -0.25) is 4.79 Å². The summed E-state index contributed by atoms with van der Waals surface area (Å²) < 4.78 is 0. The number of nitrogens with two attached hydrogens (primary N) is 1. The monoisotopic (exact) mass is 265 g/mol. The maximum absolute atomic E-state index is 11.8. The number of amides is 1. The molecule has 1 aromatic heterocycles. The SMILES string of the molecule is Cc1nnc(N(C)CC(=O)NC(C)C)c(CN)c1C. The first-order chi connectivity index (χ1) is 8.86. The van der Waals surface area contributed by atoms with E-state index in [4.69, 9.17) is 5.73 Å². The highest BCUT2D eigenvalue weighted by Crippen LogP contribution is 2.20. The fraction of sp³-hybridized carbons (Fsp3) is 0.615. The minimum atomic E-state index is -0.0412. The first-order valence-electron chi connectivity index (χ1n) is 6.40. The molecule has 0 aliphatic heterocycles. The Bertz CT molecular complexity index is 459. The molecule has 0 unspecified atom stereocenters. The summed E-state index contributed by atoms with van der Waals surface area (Å²) in [4.78, 5) is 13.5. The summed E-state index contributed by atoms with van der Waals surface area (Å²) in [5.41, 5.74) is 8.61. The van der Waals surface area contributed by atoms with Crippen molar-refractivity contribution in [2.75, 3.05) is 18.5 Å². The van der Waals surface area contributed by atoms with Crippen molar-refractivity contribution in [1.82, 2.24) is 15.5 Å². The van der Waals surface area contributed by atoms with Gasteiger partial charge in [0.1, 0.15) is 0 Å². The molecule has 1 rings (SSSR count). The predicted octanol–water partition coefficient (Wildman–Crippen LogP) is 0.513. The summed E-state index contributed by atoms with van der Waals surface area (Å²) >= 11 is 0. The molecule has 0 saturated heterocycles. The van der Waals surface area contributed by atoms with Crippen LogP contribution < -0.4 is 16.0 Å². The van der Waals surface area contributed by atoms with Crippen LogP contribution in [0.2, 0.25) is 0 Å². The van der Waals surface area contributed by atoms with Crippen molar-refractivity contribution in [1.29, 1.82) is 0 Å². The lowest BCUT2D eigenvalue weighted by Crippen LogP contribution is -2.39. The molecule has 0 fully saturated rings. The van der Waals surface area contributed by atoms with Crippen LogP contribution in [0.25, 0.3) is 0 Å². The number of aryl methyl sites for hydroxylation is 1. The van der Waals surface area contributed by atoms with Gasteiger partial charge in [0.05, 0.1) is 12.2 Å². The number of nitrogens with zero attached hydrogens (tertiary/aromatic N) is 3. The van der Waals surface area contributed by atoms with Crippen LogP contribution in [-0.4, -0.2) is 35.7 Å². The van der Waals surface area contributed by atoms with Crippen molar-refractivity contribution in [2.45, 2.75) is 40.3 Å². The van der Waals surface area contributed by atoms with Gasteiger partial charge in [-0.15, -0.1) is 5.10 Å². The molecule has 3 N–H and O–H groups in total. The Hall–Kier alpha value is -1.69. The Balaban J connectivity index is 2.91. The van der Waals surface area contributed by atoms with Crippen LogP contribution in [0.5, 0.6) is 0 Å². The van der Waals surface area contributed by atoms with E-state index in [-0.39, 0.29) is 18.5 Å². The van der Waals surface area contributed by atoms with Crippen molar-refractivity contribution in [2.24, 2.45) is 5.73 Å². The summed E-state index contributed by atoms with van der Waals surface area (Å²) in [6, 6.07) is 0.126. The highest BCUT2D eigenvalue weighted by Gasteiger charge is 2.16. The summed E-state index contributed by atoms with van der Waals surface area (Å²) in [6.45, 7) is 8.35. The third kappa shape index (κ3) is 3.89. The molecule has 19 heavy (non-hydrogen) atoms. The standard InChI is InChI=1S/C13H23N5O/c1-8(2)15-12(19)7-18(5)13-11(6-14)9(3)10(4)16-17-13/h8H,6-7,14H2,1-5H3,(H,15,19). The van der Waals surface area contributed by atoms with Crippen LogP contribution >= 0.6 is 0 Å². The van der Waals surface area contributed by atoms with E-state index in [0.717, 1.165) is 16.8 Å². The Morgan fingerprint density at radius 1 is 1.37 bits per heavy atom. The normalized spacial score (nSPS) is 10.7. The zero-order valence-electron chi connectivity index (χ0n) is 12.3. The Kier molecular flexibility index (Phi) is 5.23. The second kappa shape index (κ2) is 6.47. The van der Waals surface area contributed by atoms with Gasteiger partial charge in [-0.05, 0) is 33.3 Å². The predicted molar refractivity (Wildman–Crippen MR) is 75.9 cm³/mol. The largest absolute Gasteiger partial charge is 0.352 e. The quantitative estimate of drug-likeness (QED) is 0.810. The van der Waals surface area contributed by atoms with E-state index in [0.29, 0.717) is 12.4 Å². The second-order valence-electron chi connectivity index (χ2n) is 4.99. The van der Waals surface area contributed by atoms with E-state index >= 15 is 0 Å². The van der Waals surface area contributed by atoms with Crippen molar-refractivity contribution in [3.8, 4) is 0 Å². The number of likely N-dealkylation sites (N-methyl/N-ethyl adjacent to an activating group) is 1. The Labute approximate surface area is 114 Å². The van der Waals surface area contributed by atoms with Gasteiger partial charge in [-0.2, -0.15) is 5.10 Å². The van der Waals surface area contributed by atoms with Gasteiger partial charge in [-0.25, -0.2) is 0 Å². The number of anilines is 1. The summed E-state index contributed by atoms with van der Waals surface area (Å²) in [5, 5.41) is 11.1. The molecule has 0 aliphatic rings. The molecule has 106 valence electrons. The number of hydrogen-bond acceptors (Lipinski definition) is 5. The number of carbonyl (C=O) groups excluding carboxylic acids is 1. The summed E-state index contributed by atoms with van der Waals surface area (Å²) in [7, 11) is 1.82. The molecule has 0 saturated carbocycles. The van der Waals surface area contributed by atoms with E-state index in [1.165, 1.54) is 0 Å². The van der Waals surface area contributed by atoms with E-state index < -0.39 is 0 Å². The molecular formula is C13H23N5O. The molecule has 0 atom stereocenters. The lowest BCUT2D eigenvalue weighted by molar-refractivity contribution is -0.120. The summed E-state index contributed by atoms with van der Waals surface area (Å²) in [6.07, 6.45) is 0. The molecule has 1 aromatic rings. The van der Waals surface area contributed by atoms with Crippen LogP contribution in [-0.2, 0) is 11.3 Å². The third-order valence-corrected chi connectivity index (χ3v) is 2.96. The Morgan fingerprint density at radius 2 is 2.00 bits per heavy atom. The number of aromatic nitrogens is 2. The first-order valence-corrected chi connectivity index (χ1v) is 6.40. The van der Waals surface area contributed by atoms with Gasteiger partial charge in [0.2, 0.25) is 5.91 Å². The first kappa shape index (κ1) is 15.4. The molecule has 0 bridgehead atoms. The molecule has 1 amide bonds. The van der Waals surface area contributed by atoms with Crippen LogP contribution in [0.3, 0.4) is 0 Å². The molecule has 0 aliphatic carbocycles. The molecule has 0 radical (unpaired) electrons. The number of rotatable bonds is 5.